The van der Waals surface area contributed by atoms with Gasteiger partial charge in [0, 0.05) is 48.2 Å². The minimum atomic E-state index is -0.0239. The van der Waals surface area contributed by atoms with Crippen molar-refractivity contribution in [1.29, 1.82) is 0 Å². The van der Waals surface area contributed by atoms with Crippen molar-refractivity contribution in [1.82, 2.24) is 19.9 Å². The molecule has 0 saturated heterocycles. The SMILES string of the molecule is Cc1[nH]c2ccccc2c1CN1CCc2nc(-c3ccccc3)[nH]c(=O)c2C1. The number of nitrogens with zero attached hydrogens (tertiary/aromatic N) is 2. The van der Waals surface area contributed by atoms with Gasteiger partial charge in [-0.15, -0.1) is 0 Å². The van der Waals surface area contributed by atoms with E-state index >= 15 is 0 Å². The number of para-hydroxylation sites is 1. The zero-order valence-electron chi connectivity index (χ0n) is 15.8. The van der Waals surface area contributed by atoms with E-state index in [-0.39, 0.29) is 5.56 Å². The predicted octanol–water partition coefficient (Wildman–Crippen LogP) is 3.78. The fourth-order valence-corrected chi connectivity index (χ4v) is 4.11. The number of aryl methyl sites for hydroxylation is 1. The minimum absolute atomic E-state index is 0.0239. The van der Waals surface area contributed by atoms with E-state index in [1.54, 1.807) is 0 Å². The number of benzene rings is 2. The molecule has 1 aliphatic heterocycles. The summed E-state index contributed by atoms with van der Waals surface area (Å²) in [5, 5.41) is 1.26. The first-order valence-corrected chi connectivity index (χ1v) is 9.65. The lowest BCUT2D eigenvalue weighted by Gasteiger charge is -2.27. The molecular formula is C23H22N4O. The first-order chi connectivity index (χ1) is 13.7. The third-order valence-electron chi connectivity index (χ3n) is 5.60. The molecule has 5 rings (SSSR count). The van der Waals surface area contributed by atoms with E-state index in [2.05, 4.69) is 46.1 Å². The second-order valence-electron chi connectivity index (χ2n) is 7.44. The third-order valence-corrected chi connectivity index (χ3v) is 5.60. The van der Waals surface area contributed by atoms with Crippen LogP contribution in [0, 0.1) is 6.92 Å². The van der Waals surface area contributed by atoms with Gasteiger partial charge in [0.15, 0.2) is 0 Å². The Bertz CT molecular complexity index is 1210. The Labute approximate surface area is 163 Å². The normalized spacial score (nSPS) is 14.3. The number of nitrogens with one attached hydrogen (secondary N) is 2. The van der Waals surface area contributed by atoms with E-state index in [0.717, 1.165) is 36.3 Å². The molecule has 3 heterocycles. The summed E-state index contributed by atoms with van der Waals surface area (Å²) in [6.07, 6.45) is 0.792. The van der Waals surface area contributed by atoms with Crippen molar-refractivity contribution < 1.29 is 0 Å². The minimum Gasteiger partial charge on any atom is -0.358 e. The Morgan fingerprint density at radius 3 is 2.68 bits per heavy atom. The van der Waals surface area contributed by atoms with Gasteiger partial charge in [-0.1, -0.05) is 48.5 Å². The second-order valence-corrected chi connectivity index (χ2v) is 7.44. The van der Waals surface area contributed by atoms with Crippen LogP contribution >= 0.6 is 0 Å². The molecule has 4 aromatic rings. The first kappa shape index (κ1) is 17.0. The van der Waals surface area contributed by atoms with Crippen LogP contribution in [-0.4, -0.2) is 26.4 Å². The summed E-state index contributed by atoms with van der Waals surface area (Å²) in [5.74, 6) is 0.658. The van der Waals surface area contributed by atoms with E-state index in [1.807, 2.05) is 30.3 Å². The monoisotopic (exact) mass is 370 g/mol. The van der Waals surface area contributed by atoms with Crippen LogP contribution in [0.2, 0.25) is 0 Å². The average molecular weight is 370 g/mol. The van der Waals surface area contributed by atoms with Gasteiger partial charge < -0.3 is 9.97 Å². The fraction of sp³-hybridized carbons (Fsp3) is 0.217. The molecule has 2 aromatic heterocycles. The molecule has 0 bridgehead atoms. The van der Waals surface area contributed by atoms with E-state index in [1.165, 1.54) is 22.2 Å². The molecule has 2 aromatic carbocycles. The lowest BCUT2D eigenvalue weighted by atomic mass is 10.0. The molecule has 0 unspecified atom stereocenters. The molecule has 2 N–H and O–H groups in total. The molecule has 0 amide bonds. The number of H-pyrrole nitrogens is 2. The van der Waals surface area contributed by atoms with Crippen LogP contribution in [0.1, 0.15) is 22.5 Å². The summed E-state index contributed by atoms with van der Waals surface area (Å²) in [7, 11) is 0. The van der Waals surface area contributed by atoms with E-state index in [9.17, 15) is 4.79 Å². The number of hydrogen-bond donors (Lipinski definition) is 2. The van der Waals surface area contributed by atoms with Gasteiger partial charge >= 0.3 is 0 Å². The zero-order valence-corrected chi connectivity index (χ0v) is 15.8. The van der Waals surface area contributed by atoms with E-state index < -0.39 is 0 Å². The van der Waals surface area contributed by atoms with Gasteiger partial charge in [-0.05, 0) is 18.6 Å². The first-order valence-electron chi connectivity index (χ1n) is 9.65. The molecule has 140 valence electrons. The highest BCUT2D eigenvalue weighted by Gasteiger charge is 2.23. The molecule has 5 nitrogen and oxygen atoms in total. The summed E-state index contributed by atoms with van der Waals surface area (Å²) in [6, 6.07) is 18.2. The van der Waals surface area contributed by atoms with Crippen LogP contribution in [-0.2, 0) is 19.5 Å². The van der Waals surface area contributed by atoms with Crippen molar-refractivity contribution in [3.05, 3.63) is 87.5 Å². The second kappa shape index (κ2) is 6.77. The molecule has 0 fully saturated rings. The molecule has 0 atom stereocenters. The lowest BCUT2D eigenvalue weighted by molar-refractivity contribution is 0.242. The van der Waals surface area contributed by atoms with Crippen LogP contribution in [0.3, 0.4) is 0 Å². The molecule has 5 heteroatoms. The summed E-state index contributed by atoms with van der Waals surface area (Å²) in [6.45, 7) is 4.48. The van der Waals surface area contributed by atoms with Crippen molar-refractivity contribution in [2.75, 3.05) is 6.54 Å². The Balaban J connectivity index is 1.44. The van der Waals surface area contributed by atoms with Gasteiger partial charge in [-0.25, -0.2) is 4.98 Å². The van der Waals surface area contributed by atoms with Crippen LogP contribution < -0.4 is 5.56 Å². The topological polar surface area (TPSA) is 64.8 Å². The molecule has 0 saturated carbocycles. The van der Waals surface area contributed by atoms with Gasteiger partial charge in [0.2, 0.25) is 0 Å². The van der Waals surface area contributed by atoms with Gasteiger partial charge in [-0.2, -0.15) is 0 Å². The number of aromatic amines is 2. The number of aromatic nitrogens is 3. The number of fused-ring (bicyclic) bond motifs is 2. The van der Waals surface area contributed by atoms with Gasteiger partial charge in [0.05, 0.1) is 11.3 Å². The summed E-state index contributed by atoms with van der Waals surface area (Å²) < 4.78 is 0. The van der Waals surface area contributed by atoms with E-state index in [0.29, 0.717) is 12.4 Å². The molecule has 28 heavy (non-hydrogen) atoms. The van der Waals surface area contributed by atoms with Crippen molar-refractivity contribution in [2.45, 2.75) is 26.4 Å². The van der Waals surface area contributed by atoms with E-state index in [4.69, 9.17) is 4.98 Å². The smallest absolute Gasteiger partial charge is 0.255 e. The standard InChI is InChI=1S/C23H22N4O/c1-15-18(17-9-5-6-10-20(17)24-15)13-27-12-11-21-19(14-27)23(28)26-22(25-21)16-7-3-2-4-8-16/h2-10,24H,11-14H2,1H3,(H,25,26,28). The highest BCUT2D eigenvalue weighted by Crippen LogP contribution is 2.25. The number of hydrogen-bond acceptors (Lipinski definition) is 3. The fourth-order valence-electron chi connectivity index (χ4n) is 4.11. The van der Waals surface area contributed by atoms with Crippen molar-refractivity contribution in [3.8, 4) is 11.4 Å². The average Bonchev–Trinajstić information content (AvgIpc) is 3.04. The highest BCUT2D eigenvalue weighted by atomic mass is 16.1. The Morgan fingerprint density at radius 2 is 1.82 bits per heavy atom. The third kappa shape index (κ3) is 2.94. The number of rotatable bonds is 3. The van der Waals surface area contributed by atoms with Crippen molar-refractivity contribution in [2.24, 2.45) is 0 Å². The molecule has 1 aliphatic rings. The quantitative estimate of drug-likeness (QED) is 0.577. The Hall–Kier alpha value is -3.18. The zero-order chi connectivity index (χ0) is 19.1. The molecule has 0 radical (unpaired) electrons. The maximum absolute atomic E-state index is 12.8. The van der Waals surface area contributed by atoms with Crippen LogP contribution in [0.25, 0.3) is 22.3 Å². The Kier molecular flexibility index (Phi) is 4.10. The van der Waals surface area contributed by atoms with Gasteiger partial charge in [0.25, 0.3) is 5.56 Å². The lowest BCUT2D eigenvalue weighted by Crippen LogP contribution is -2.35. The van der Waals surface area contributed by atoms with Gasteiger partial charge in [-0.3, -0.25) is 9.69 Å². The summed E-state index contributed by atoms with van der Waals surface area (Å²) in [4.78, 5) is 26.3. The van der Waals surface area contributed by atoms with Gasteiger partial charge in [0.1, 0.15) is 5.82 Å². The molecule has 0 spiro atoms. The predicted molar refractivity (Wildman–Crippen MR) is 111 cm³/mol. The summed E-state index contributed by atoms with van der Waals surface area (Å²) >= 11 is 0. The van der Waals surface area contributed by atoms with Crippen LogP contribution in [0.4, 0.5) is 0 Å². The van der Waals surface area contributed by atoms with Crippen molar-refractivity contribution >= 4 is 10.9 Å². The highest BCUT2D eigenvalue weighted by molar-refractivity contribution is 5.84. The van der Waals surface area contributed by atoms with Crippen LogP contribution in [0.15, 0.2) is 59.4 Å². The maximum Gasteiger partial charge on any atom is 0.255 e. The van der Waals surface area contributed by atoms with Crippen LogP contribution in [0.5, 0.6) is 0 Å². The molecular weight excluding hydrogens is 348 g/mol. The Morgan fingerprint density at radius 1 is 1.04 bits per heavy atom. The van der Waals surface area contributed by atoms with Crippen molar-refractivity contribution in [3.63, 3.8) is 0 Å². The largest absolute Gasteiger partial charge is 0.358 e. The summed E-state index contributed by atoms with van der Waals surface area (Å²) in [5.41, 5.74) is 6.31. The maximum atomic E-state index is 12.8. The molecule has 0 aliphatic carbocycles.